The summed E-state index contributed by atoms with van der Waals surface area (Å²) in [4.78, 5) is 10.2. The van der Waals surface area contributed by atoms with Gasteiger partial charge in [-0.3, -0.25) is 10.1 Å². The van der Waals surface area contributed by atoms with Gasteiger partial charge in [0.05, 0.1) is 29.4 Å². The Morgan fingerprint density at radius 1 is 1.22 bits per heavy atom. The number of para-hydroxylation sites is 1. The van der Waals surface area contributed by atoms with Crippen LogP contribution in [0.3, 0.4) is 0 Å². The van der Waals surface area contributed by atoms with Crippen LogP contribution in [0.25, 0.3) is 0 Å². The maximum Gasteiger partial charge on any atom is 0.271 e. The van der Waals surface area contributed by atoms with Gasteiger partial charge in [-0.15, -0.1) is 12.4 Å². The molecule has 0 heterocycles. The normalized spacial score (nSPS) is 10.0. The SMILES string of the molecule is CCOc1c(CNCCNc2ccc([N+](=O)[O-])cc2Cl)cccc1OC.Cl. The summed E-state index contributed by atoms with van der Waals surface area (Å²) in [5.41, 5.74) is 1.65. The van der Waals surface area contributed by atoms with Gasteiger partial charge < -0.3 is 20.1 Å². The Bertz CT molecular complexity index is 759. The molecule has 0 saturated carbocycles. The molecule has 2 aromatic carbocycles. The van der Waals surface area contributed by atoms with Crippen LogP contribution in [0, 0.1) is 10.1 Å². The summed E-state index contributed by atoms with van der Waals surface area (Å²) in [6.07, 6.45) is 0. The second-order valence-corrected chi connectivity index (χ2v) is 5.81. The topological polar surface area (TPSA) is 85.7 Å². The number of nitro benzene ring substituents is 1. The minimum absolute atomic E-state index is 0. The summed E-state index contributed by atoms with van der Waals surface area (Å²) >= 11 is 6.05. The Balaban J connectivity index is 0.00000364. The van der Waals surface area contributed by atoms with E-state index in [1.807, 2.05) is 25.1 Å². The van der Waals surface area contributed by atoms with Crippen LogP contribution in [0.1, 0.15) is 12.5 Å². The molecule has 148 valence electrons. The quantitative estimate of drug-likeness (QED) is 0.342. The Labute approximate surface area is 169 Å². The van der Waals surface area contributed by atoms with Gasteiger partial charge in [-0.05, 0) is 19.1 Å². The third-order valence-electron chi connectivity index (χ3n) is 3.67. The number of nitro groups is 1. The van der Waals surface area contributed by atoms with Crippen LogP contribution in [-0.2, 0) is 6.54 Å². The van der Waals surface area contributed by atoms with E-state index in [4.69, 9.17) is 21.1 Å². The summed E-state index contributed by atoms with van der Waals surface area (Å²) in [5.74, 6) is 1.46. The number of ether oxygens (including phenoxy) is 2. The van der Waals surface area contributed by atoms with Crippen LogP contribution >= 0.6 is 24.0 Å². The number of anilines is 1. The highest BCUT2D eigenvalue weighted by Gasteiger charge is 2.10. The first-order valence-electron chi connectivity index (χ1n) is 8.24. The molecule has 0 aromatic heterocycles. The summed E-state index contributed by atoms with van der Waals surface area (Å²) in [7, 11) is 1.62. The molecule has 2 aromatic rings. The predicted octanol–water partition coefficient (Wildman–Crippen LogP) is 4.28. The lowest BCUT2D eigenvalue weighted by Gasteiger charge is -2.15. The third-order valence-corrected chi connectivity index (χ3v) is 3.98. The Kier molecular flexibility index (Phi) is 9.71. The zero-order valence-electron chi connectivity index (χ0n) is 15.2. The summed E-state index contributed by atoms with van der Waals surface area (Å²) < 4.78 is 11.0. The molecule has 0 spiro atoms. The fourth-order valence-corrected chi connectivity index (χ4v) is 2.68. The van der Waals surface area contributed by atoms with Crippen LogP contribution < -0.4 is 20.1 Å². The average molecular weight is 416 g/mol. The lowest BCUT2D eigenvalue weighted by molar-refractivity contribution is -0.384. The molecule has 0 aliphatic rings. The first kappa shape index (κ1) is 22.8. The highest BCUT2D eigenvalue weighted by atomic mass is 35.5. The third kappa shape index (κ3) is 6.46. The van der Waals surface area contributed by atoms with Crippen LogP contribution in [-0.4, -0.2) is 31.7 Å². The lowest BCUT2D eigenvalue weighted by Crippen LogP contribution is -2.22. The zero-order chi connectivity index (χ0) is 18.9. The summed E-state index contributed by atoms with van der Waals surface area (Å²) in [5, 5.41) is 17.5. The molecule has 0 fully saturated rings. The van der Waals surface area contributed by atoms with Crippen LogP contribution in [0.2, 0.25) is 5.02 Å². The highest BCUT2D eigenvalue weighted by Crippen LogP contribution is 2.31. The second-order valence-electron chi connectivity index (χ2n) is 5.41. The van der Waals surface area contributed by atoms with Gasteiger partial charge in [-0.1, -0.05) is 23.7 Å². The molecular weight excluding hydrogens is 393 g/mol. The largest absolute Gasteiger partial charge is 0.493 e. The fraction of sp³-hybridized carbons (Fsp3) is 0.333. The number of hydrogen-bond donors (Lipinski definition) is 2. The van der Waals surface area contributed by atoms with Crippen molar-refractivity contribution >= 4 is 35.4 Å². The first-order chi connectivity index (χ1) is 12.6. The van der Waals surface area contributed by atoms with Crippen molar-refractivity contribution in [2.24, 2.45) is 0 Å². The van der Waals surface area contributed by atoms with Crippen molar-refractivity contribution in [3.63, 3.8) is 0 Å². The van der Waals surface area contributed by atoms with Gasteiger partial charge >= 0.3 is 0 Å². The van der Waals surface area contributed by atoms with E-state index in [9.17, 15) is 10.1 Å². The van der Waals surface area contributed by atoms with Gasteiger partial charge in [0, 0.05) is 37.3 Å². The van der Waals surface area contributed by atoms with Gasteiger partial charge in [-0.2, -0.15) is 0 Å². The molecule has 0 saturated heterocycles. The highest BCUT2D eigenvalue weighted by molar-refractivity contribution is 6.33. The van der Waals surface area contributed by atoms with Gasteiger partial charge in [0.1, 0.15) is 0 Å². The van der Waals surface area contributed by atoms with Gasteiger partial charge in [-0.25, -0.2) is 0 Å². The molecule has 0 aliphatic heterocycles. The zero-order valence-corrected chi connectivity index (χ0v) is 16.7. The average Bonchev–Trinajstić information content (AvgIpc) is 2.63. The molecule has 0 atom stereocenters. The summed E-state index contributed by atoms with van der Waals surface area (Å²) in [6.45, 7) is 4.42. The number of methoxy groups -OCH3 is 1. The van der Waals surface area contributed by atoms with Crippen molar-refractivity contribution in [1.82, 2.24) is 5.32 Å². The molecule has 27 heavy (non-hydrogen) atoms. The van der Waals surface area contributed by atoms with Gasteiger partial charge in [0.25, 0.3) is 5.69 Å². The van der Waals surface area contributed by atoms with Gasteiger partial charge in [0.15, 0.2) is 11.5 Å². The number of nitrogens with one attached hydrogen (secondary N) is 2. The second kappa shape index (κ2) is 11.5. The maximum absolute atomic E-state index is 10.7. The number of nitrogens with zero attached hydrogens (tertiary/aromatic N) is 1. The Morgan fingerprint density at radius 3 is 2.63 bits per heavy atom. The van der Waals surface area contributed by atoms with Crippen LogP contribution in [0.5, 0.6) is 11.5 Å². The molecule has 9 heteroatoms. The van der Waals surface area contributed by atoms with Crippen molar-refractivity contribution in [3.8, 4) is 11.5 Å². The standard InChI is InChI=1S/C18H22ClN3O4.ClH/c1-3-26-18-13(5-4-6-17(18)25-2)12-20-9-10-21-16-8-7-14(22(23)24)11-15(16)19;/h4-8,11,20-21H,3,9-10,12H2,1-2H3;1H. The molecule has 0 aliphatic carbocycles. The Morgan fingerprint density at radius 2 is 2.00 bits per heavy atom. The van der Waals surface area contributed by atoms with E-state index in [1.165, 1.54) is 12.1 Å². The number of rotatable bonds is 10. The predicted molar refractivity (Wildman–Crippen MR) is 110 cm³/mol. The molecule has 0 bridgehead atoms. The van der Waals surface area contributed by atoms with Crippen LogP contribution in [0.15, 0.2) is 36.4 Å². The summed E-state index contributed by atoms with van der Waals surface area (Å²) in [6, 6.07) is 10.1. The van der Waals surface area contributed by atoms with Crippen molar-refractivity contribution in [2.45, 2.75) is 13.5 Å². The molecule has 0 radical (unpaired) electrons. The van der Waals surface area contributed by atoms with E-state index < -0.39 is 4.92 Å². The van der Waals surface area contributed by atoms with E-state index in [-0.39, 0.29) is 18.1 Å². The molecule has 7 nitrogen and oxygen atoms in total. The van der Waals surface area contributed by atoms with Crippen molar-refractivity contribution in [1.29, 1.82) is 0 Å². The van der Waals surface area contributed by atoms with E-state index in [0.29, 0.717) is 42.7 Å². The fourth-order valence-electron chi connectivity index (χ4n) is 2.44. The van der Waals surface area contributed by atoms with Crippen molar-refractivity contribution < 1.29 is 14.4 Å². The number of halogens is 2. The van der Waals surface area contributed by atoms with E-state index in [2.05, 4.69) is 10.6 Å². The number of non-ortho nitro benzene ring substituents is 1. The monoisotopic (exact) mass is 415 g/mol. The molecular formula is C18H23Cl2N3O4. The van der Waals surface area contributed by atoms with Gasteiger partial charge in [0.2, 0.25) is 0 Å². The van der Waals surface area contributed by atoms with E-state index in [0.717, 1.165) is 11.3 Å². The smallest absolute Gasteiger partial charge is 0.271 e. The first-order valence-corrected chi connectivity index (χ1v) is 8.61. The molecule has 2 rings (SSSR count). The molecule has 0 amide bonds. The Hall–Kier alpha value is -2.22. The lowest BCUT2D eigenvalue weighted by atomic mass is 10.2. The van der Waals surface area contributed by atoms with Crippen molar-refractivity contribution in [3.05, 3.63) is 57.1 Å². The van der Waals surface area contributed by atoms with E-state index >= 15 is 0 Å². The maximum atomic E-state index is 10.7. The van der Waals surface area contributed by atoms with Crippen molar-refractivity contribution in [2.75, 3.05) is 32.1 Å². The minimum atomic E-state index is -0.471. The molecule has 0 unspecified atom stereocenters. The van der Waals surface area contributed by atoms with Crippen LogP contribution in [0.4, 0.5) is 11.4 Å². The minimum Gasteiger partial charge on any atom is -0.493 e. The van der Waals surface area contributed by atoms with E-state index in [1.54, 1.807) is 13.2 Å². The molecule has 2 N–H and O–H groups in total. The number of hydrogen-bond acceptors (Lipinski definition) is 6. The number of benzene rings is 2.